The Bertz CT molecular complexity index is 243. The summed E-state index contributed by atoms with van der Waals surface area (Å²) in [5, 5.41) is 11.2. The van der Waals surface area contributed by atoms with Crippen molar-refractivity contribution in [3.8, 4) is 0 Å². The molecule has 1 fully saturated rings. The molecule has 0 spiro atoms. The van der Waals surface area contributed by atoms with Gasteiger partial charge < -0.3 is 15.3 Å². The Morgan fingerprint density at radius 3 is 2.87 bits per heavy atom. The van der Waals surface area contributed by atoms with Crippen molar-refractivity contribution in [3.63, 3.8) is 0 Å². The second-order valence-corrected chi connectivity index (χ2v) is 3.61. The number of hydrogen-bond acceptors (Lipinski definition) is 3. The Morgan fingerprint density at radius 2 is 2.27 bits per heavy atom. The van der Waals surface area contributed by atoms with E-state index in [1.165, 1.54) is 0 Å². The number of amides is 2. The molecule has 1 unspecified atom stereocenters. The molecule has 0 radical (unpaired) electrons. The van der Waals surface area contributed by atoms with Crippen molar-refractivity contribution in [2.24, 2.45) is 0 Å². The molecule has 1 aliphatic rings. The van der Waals surface area contributed by atoms with Gasteiger partial charge in [-0.05, 0) is 12.8 Å². The van der Waals surface area contributed by atoms with Gasteiger partial charge >= 0.3 is 0 Å². The van der Waals surface area contributed by atoms with Gasteiger partial charge in [-0.25, -0.2) is 0 Å². The van der Waals surface area contributed by atoms with E-state index in [0.29, 0.717) is 13.0 Å². The third-order valence-corrected chi connectivity index (χ3v) is 2.59. The second-order valence-electron chi connectivity index (χ2n) is 3.61. The van der Waals surface area contributed by atoms with Crippen LogP contribution in [0.1, 0.15) is 26.2 Å². The van der Waals surface area contributed by atoms with Gasteiger partial charge in [0.25, 0.3) is 0 Å². The average Bonchev–Trinajstić information content (AvgIpc) is 2.73. The highest BCUT2D eigenvalue weighted by molar-refractivity contribution is 5.88. The summed E-state index contributed by atoms with van der Waals surface area (Å²) >= 11 is 0. The van der Waals surface area contributed by atoms with Crippen LogP contribution >= 0.6 is 0 Å². The monoisotopic (exact) mass is 214 g/mol. The lowest BCUT2D eigenvalue weighted by molar-refractivity contribution is -0.138. The largest absolute Gasteiger partial charge is 0.395 e. The molecule has 1 aliphatic heterocycles. The quantitative estimate of drug-likeness (QED) is 0.662. The van der Waals surface area contributed by atoms with Gasteiger partial charge in [0.05, 0.1) is 6.61 Å². The van der Waals surface area contributed by atoms with Crippen LogP contribution < -0.4 is 5.32 Å². The highest BCUT2D eigenvalue weighted by Gasteiger charge is 2.32. The van der Waals surface area contributed by atoms with Crippen molar-refractivity contribution in [2.75, 3.05) is 19.7 Å². The minimum atomic E-state index is -0.330. The summed E-state index contributed by atoms with van der Waals surface area (Å²) in [5.41, 5.74) is 0. The van der Waals surface area contributed by atoms with Crippen molar-refractivity contribution in [1.82, 2.24) is 10.2 Å². The minimum absolute atomic E-state index is 0.0247. The summed E-state index contributed by atoms with van der Waals surface area (Å²) in [6.07, 6.45) is 2.04. The summed E-state index contributed by atoms with van der Waals surface area (Å²) < 4.78 is 0. The summed E-state index contributed by atoms with van der Waals surface area (Å²) in [4.78, 5) is 24.7. The smallest absolute Gasteiger partial charge is 0.242 e. The summed E-state index contributed by atoms with van der Waals surface area (Å²) in [6.45, 7) is 2.65. The van der Waals surface area contributed by atoms with Crippen molar-refractivity contribution in [1.29, 1.82) is 0 Å². The molecular weight excluding hydrogens is 196 g/mol. The zero-order valence-corrected chi connectivity index (χ0v) is 9.03. The number of aliphatic hydroxyl groups excluding tert-OH is 1. The van der Waals surface area contributed by atoms with E-state index in [9.17, 15) is 9.59 Å². The molecule has 1 saturated heterocycles. The topological polar surface area (TPSA) is 69.6 Å². The maximum atomic E-state index is 11.6. The zero-order valence-electron chi connectivity index (χ0n) is 9.03. The molecule has 15 heavy (non-hydrogen) atoms. The predicted octanol–water partition coefficient (Wildman–Crippen LogP) is -0.504. The molecule has 1 atom stereocenters. The molecule has 0 saturated carbocycles. The van der Waals surface area contributed by atoms with Gasteiger partial charge in [-0.15, -0.1) is 0 Å². The van der Waals surface area contributed by atoms with Crippen molar-refractivity contribution in [3.05, 3.63) is 0 Å². The molecule has 1 rings (SSSR count). The summed E-state index contributed by atoms with van der Waals surface area (Å²) in [5.74, 6) is -0.125. The lowest BCUT2D eigenvalue weighted by Crippen LogP contribution is -2.46. The molecule has 86 valence electrons. The van der Waals surface area contributed by atoms with E-state index in [1.807, 2.05) is 0 Å². The Kier molecular flexibility index (Phi) is 4.55. The van der Waals surface area contributed by atoms with Crippen LogP contribution in [0.2, 0.25) is 0 Å². The van der Waals surface area contributed by atoms with Crippen molar-refractivity contribution < 1.29 is 14.7 Å². The number of likely N-dealkylation sites (tertiary alicyclic amines) is 1. The van der Waals surface area contributed by atoms with Crippen molar-refractivity contribution in [2.45, 2.75) is 32.2 Å². The number of aliphatic hydroxyl groups is 1. The van der Waals surface area contributed by atoms with Crippen LogP contribution in [0.5, 0.6) is 0 Å². The zero-order chi connectivity index (χ0) is 11.3. The van der Waals surface area contributed by atoms with E-state index in [1.54, 1.807) is 11.8 Å². The molecule has 2 N–H and O–H groups in total. The molecular formula is C10H18N2O3. The SMILES string of the molecule is CCC(=O)N1CCCC1C(=O)NCCO. The maximum Gasteiger partial charge on any atom is 0.242 e. The van der Waals surface area contributed by atoms with Gasteiger partial charge in [0.1, 0.15) is 6.04 Å². The normalized spacial score (nSPS) is 20.4. The van der Waals surface area contributed by atoms with Crippen LogP contribution in [0.15, 0.2) is 0 Å². The first-order valence-corrected chi connectivity index (χ1v) is 5.38. The van der Waals surface area contributed by atoms with E-state index in [-0.39, 0.29) is 31.0 Å². The first-order valence-electron chi connectivity index (χ1n) is 5.38. The van der Waals surface area contributed by atoms with Crippen LogP contribution in [0.4, 0.5) is 0 Å². The third-order valence-electron chi connectivity index (χ3n) is 2.59. The van der Waals surface area contributed by atoms with Gasteiger partial charge in [0, 0.05) is 19.5 Å². The molecule has 0 aromatic heterocycles. The lowest BCUT2D eigenvalue weighted by atomic mass is 10.2. The fourth-order valence-electron chi connectivity index (χ4n) is 1.84. The van der Waals surface area contributed by atoms with Crippen molar-refractivity contribution >= 4 is 11.8 Å². The Balaban J connectivity index is 2.52. The third kappa shape index (κ3) is 2.92. The number of hydrogen-bond donors (Lipinski definition) is 2. The van der Waals surface area contributed by atoms with Crippen LogP contribution in [0.3, 0.4) is 0 Å². The first kappa shape index (κ1) is 12.0. The molecule has 0 bridgehead atoms. The van der Waals surface area contributed by atoms with Gasteiger partial charge in [-0.2, -0.15) is 0 Å². The van der Waals surface area contributed by atoms with Gasteiger partial charge in [0.15, 0.2) is 0 Å². The fourth-order valence-corrected chi connectivity index (χ4v) is 1.84. The lowest BCUT2D eigenvalue weighted by Gasteiger charge is -2.23. The number of nitrogens with zero attached hydrogens (tertiary/aromatic N) is 1. The molecule has 5 nitrogen and oxygen atoms in total. The Morgan fingerprint density at radius 1 is 1.53 bits per heavy atom. The van der Waals surface area contributed by atoms with Crippen LogP contribution in [-0.4, -0.2) is 47.6 Å². The summed E-state index contributed by atoms with van der Waals surface area (Å²) in [6, 6.07) is -0.330. The number of rotatable bonds is 4. The van der Waals surface area contributed by atoms with E-state index >= 15 is 0 Å². The second kappa shape index (κ2) is 5.70. The highest BCUT2D eigenvalue weighted by Crippen LogP contribution is 2.18. The van der Waals surface area contributed by atoms with Gasteiger partial charge in [-0.3, -0.25) is 9.59 Å². The van der Waals surface area contributed by atoms with E-state index in [4.69, 9.17) is 5.11 Å². The number of nitrogens with one attached hydrogen (secondary N) is 1. The van der Waals surface area contributed by atoms with Crippen LogP contribution in [-0.2, 0) is 9.59 Å². The Labute approximate surface area is 89.4 Å². The maximum absolute atomic E-state index is 11.6. The standard InChI is InChI=1S/C10H18N2O3/c1-2-9(14)12-6-3-4-8(12)10(15)11-5-7-13/h8,13H,2-7H2,1H3,(H,11,15). The van der Waals surface area contributed by atoms with Gasteiger partial charge in [-0.1, -0.05) is 6.92 Å². The Hall–Kier alpha value is -1.10. The molecule has 5 heteroatoms. The summed E-state index contributed by atoms with van der Waals surface area (Å²) in [7, 11) is 0. The molecule has 0 aromatic carbocycles. The predicted molar refractivity (Wildman–Crippen MR) is 55.1 cm³/mol. The highest BCUT2D eigenvalue weighted by atomic mass is 16.3. The first-order chi connectivity index (χ1) is 7.20. The number of carbonyl (C=O) groups is 2. The number of carbonyl (C=O) groups excluding carboxylic acids is 2. The van der Waals surface area contributed by atoms with E-state index in [0.717, 1.165) is 12.8 Å². The average molecular weight is 214 g/mol. The van der Waals surface area contributed by atoms with E-state index < -0.39 is 0 Å². The molecule has 0 aliphatic carbocycles. The molecule has 2 amide bonds. The van der Waals surface area contributed by atoms with Crippen LogP contribution in [0.25, 0.3) is 0 Å². The van der Waals surface area contributed by atoms with Crippen LogP contribution in [0, 0.1) is 0 Å². The molecule has 1 heterocycles. The minimum Gasteiger partial charge on any atom is -0.395 e. The fraction of sp³-hybridized carbons (Fsp3) is 0.800. The molecule has 0 aromatic rings. The van der Waals surface area contributed by atoms with E-state index in [2.05, 4.69) is 5.32 Å². The van der Waals surface area contributed by atoms with Gasteiger partial charge in [0.2, 0.25) is 11.8 Å².